The summed E-state index contributed by atoms with van der Waals surface area (Å²) in [6, 6.07) is 6.15. The minimum absolute atomic E-state index is 0.0683. The molecular weight excluding hydrogens is 346 g/mol. The number of hydrogen-bond donors (Lipinski definition) is 1. The van der Waals surface area contributed by atoms with Crippen LogP contribution in [0.25, 0.3) is 0 Å². The zero-order valence-electron chi connectivity index (χ0n) is 14.4. The number of hydrogen-bond acceptors (Lipinski definition) is 5. The lowest BCUT2D eigenvalue weighted by Crippen LogP contribution is -2.50. The van der Waals surface area contributed by atoms with E-state index in [1.165, 1.54) is 35.5 Å². The molecule has 25 heavy (non-hydrogen) atoms. The lowest BCUT2D eigenvalue weighted by molar-refractivity contribution is -0.138. The van der Waals surface area contributed by atoms with Crippen molar-refractivity contribution in [2.45, 2.75) is 17.7 Å². The summed E-state index contributed by atoms with van der Waals surface area (Å²) in [6.45, 7) is 1.24. The maximum Gasteiger partial charge on any atom is 0.242 e. The SMILES string of the molecule is COc1ccc(S(=O)(=O)N(C)CCCC(=O)N2CCNC(=O)C2)cc1. The Morgan fingerprint density at radius 1 is 1.32 bits per heavy atom. The van der Waals surface area contributed by atoms with E-state index in [-0.39, 0.29) is 36.2 Å². The molecule has 8 nitrogen and oxygen atoms in total. The maximum atomic E-state index is 12.5. The third-order valence-electron chi connectivity index (χ3n) is 4.02. The van der Waals surface area contributed by atoms with Gasteiger partial charge < -0.3 is 15.0 Å². The first-order chi connectivity index (χ1) is 11.8. The second-order valence-electron chi connectivity index (χ2n) is 5.77. The van der Waals surface area contributed by atoms with Gasteiger partial charge in [-0.15, -0.1) is 0 Å². The molecule has 0 aliphatic carbocycles. The molecule has 1 aliphatic heterocycles. The lowest BCUT2D eigenvalue weighted by Gasteiger charge is -2.27. The Balaban J connectivity index is 1.86. The van der Waals surface area contributed by atoms with Crippen molar-refractivity contribution in [1.29, 1.82) is 0 Å². The third-order valence-corrected chi connectivity index (χ3v) is 5.89. The van der Waals surface area contributed by atoms with Crippen LogP contribution in [-0.4, -0.2) is 69.8 Å². The van der Waals surface area contributed by atoms with Crippen LogP contribution in [-0.2, 0) is 19.6 Å². The Hall–Kier alpha value is -2.13. The Labute approximate surface area is 147 Å². The van der Waals surface area contributed by atoms with E-state index in [4.69, 9.17) is 4.74 Å². The second kappa shape index (κ2) is 8.30. The molecule has 1 saturated heterocycles. The number of methoxy groups -OCH3 is 1. The first kappa shape index (κ1) is 19.2. The minimum Gasteiger partial charge on any atom is -0.497 e. The van der Waals surface area contributed by atoms with Gasteiger partial charge in [-0.3, -0.25) is 9.59 Å². The molecule has 0 aromatic heterocycles. The van der Waals surface area contributed by atoms with Crippen molar-refractivity contribution in [3.63, 3.8) is 0 Å². The number of piperazine rings is 1. The summed E-state index contributed by atoms with van der Waals surface area (Å²) >= 11 is 0. The molecule has 0 bridgehead atoms. The van der Waals surface area contributed by atoms with Crippen LogP contribution in [0.3, 0.4) is 0 Å². The predicted octanol–water partition coefficient (Wildman–Crippen LogP) is 0.0543. The zero-order valence-corrected chi connectivity index (χ0v) is 15.2. The Morgan fingerprint density at radius 3 is 2.60 bits per heavy atom. The van der Waals surface area contributed by atoms with Crippen molar-refractivity contribution in [1.82, 2.24) is 14.5 Å². The summed E-state index contributed by atoms with van der Waals surface area (Å²) in [6.07, 6.45) is 0.596. The highest BCUT2D eigenvalue weighted by Gasteiger charge is 2.23. The smallest absolute Gasteiger partial charge is 0.242 e. The van der Waals surface area contributed by atoms with Crippen LogP contribution in [0.5, 0.6) is 5.75 Å². The lowest BCUT2D eigenvalue weighted by atomic mass is 10.2. The van der Waals surface area contributed by atoms with E-state index < -0.39 is 10.0 Å². The number of benzene rings is 1. The van der Waals surface area contributed by atoms with Crippen molar-refractivity contribution >= 4 is 21.8 Å². The van der Waals surface area contributed by atoms with Crippen LogP contribution in [0.1, 0.15) is 12.8 Å². The van der Waals surface area contributed by atoms with Gasteiger partial charge in [-0.05, 0) is 30.7 Å². The summed E-state index contributed by atoms with van der Waals surface area (Å²) in [7, 11) is -0.610. The minimum atomic E-state index is -3.61. The fraction of sp³-hybridized carbons (Fsp3) is 0.500. The fourth-order valence-corrected chi connectivity index (χ4v) is 3.72. The maximum absolute atomic E-state index is 12.5. The molecule has 0 spiro atoms. The topological polar surface area (TPSA) is 96.0 Å². The number of carbonyl (C=O) groups is 2. The van der Waals surface area contributed by atoms with Crippen molar-refractivity contribution in [2.75, 3.05) is 40.3 Å². The van der Waals surface area contributed by atoms with E-state index in [1.54, 1.807) is 12.1 Å². The van der Waals surface area contributed by atoms with Crippen LogP contribution >= 0.6 is 0 Å². The van der Waals surface area contributed by atoms with Gasteiger partial charge >= 0.3 is 0 Å². The van der Waals surface area contributed by atoms with Gasteiger partial charge in [-0.2, -0.15) is 0 Å². The van der Waals surface area contributed by atoms with Gasteiger partial charge in [-0.1, -0.05) is 0 Å². The number of amides is 2. The molecule has 0 radical (unpaired) electrons. The number of carbonyl (C=O) groups excluding carboxylic acids is 2. The highest BCUT2D eigenvalue weighted by Crippen LogP contribution is 2.19. The Bertz CT molecular complexity index is 718. The fourth-order valence-electron chi connectivity index (χ4n) is 2.51. The summed E-state index contributed by atoms with van der Waals surface area (Å²) < 4.78 is 31.2. The summed E-state index contributed by atoms with van der Waals surface area (Å²) in [4.78, 5) is 25.0. The Kier molecular flexibility index (Phi) is 6.38. The summed E-state index contributed by atoms with van der Waals surface area (Å²) in [5.74, 6) is 0.279. The monoisotopic (exact) mass is 369 g/mol. The van der Waals surface area contributed by atoms with E-state index in [0.29, 0.717) is 25.3 Å². The van der Waals surface area contributed by atoms with E-state index in [2.05, 4.69) is 5.32 Å². The first-order valence-corrected chi connectivity index (χ1v) is 9.43. The van der Waals surface area contributed by atoms with E-state index in [9.17, 15) is 18.0 Å². The molecule has 0 atom stereocenters. The molecule has 0 saturated carbocycles. The number of sulfonamides is 1. The molecule has 1 aliphatic rings. The van der Waals surface area contributed by atoms with Gasteiger partial charge in [0.05, 0.1) is 18.6 Å². The normalized spacial score (nSPS) is 15.2. The molecule has 2 rings (SSSR count). The van der Waals surface area contributed by atoms with Gasteiger partial charge in [0.2, 0.25) is 21.8 Å². The van der Waals surface area contributed by atoms with Crippen LogP contribution in [0, 0.1) is 0 Å². The molecule has 1 aromatic rings. The Morgan fingerprint density at radius 2 is 2.00 bits per heavy atom. The van der Waals surface area contributed by atoms with Gasteiger partial charge in [0.15, 0.2) is 0 Å². The van der Waals surface area contributed by atoms with Gasteiger partial charge in [0, 0.05) is 33.1 Å². The standard InChI is InChI=1S/C16H23N3O5S/c1-18(25(22,23)14-7-5-13(24-2)6-8-14)10-3-4-16(21)19-11-9-17-15(20)12-19/h5-8H,3-4,9-12H2,1-2H3,(H,17,20). The molecule has 1 heterocycles. The highest BCUT2D eigenvalue weighted by atomic mass is 32.2. The molecule has 1 N–H and O–H groups in total. The van der Waals surface area contributed by atoms with Crippen molar-refractivity contribution < 1.29 is 22.7 Å². The van der Waals surface area contributed by atoms with Crippen LogP contribution in [0.4, 0.5) is 0 Å². The average Bonchev–Trinajstić information content (AvgIpc) is 2.61. The third kappa shape index (κ3) is 4.93. The summed E-state index contributed by atoms with van der Waals surface area (Å²) in [5, 5.41) is 2.66. The van der Waals surface area contributed by atoms with Crippen molar-refractivity contribution in [3.8, 4) is 5.75 Å². The van der Waals surface area contributed by atoms with Crippen molar-refractivity contribution in [3.05, 3.63) is 24.3 Å². The molecular formula is C16H23N3O5S. The van der Waals surface area contributed by atoms with E-state index in [0.717, 1.165) is 0 Å². The highest BCUT2D eigenvalue weighted by molar-refractivity contribution is 7.89. The summed E-state index contributed by atoms with van der Waals surface area (Å²) in [5.41, 5.74) is 0. The van der Waals surface area contributed by atoms with Crippen LogP contribution in [0.2, 0.25) is 0 Å². The van der Waals surface area contributed by atoms with Crippen LogP contribution < -0.4 is 10.1 Å². The predicted molar refractivity (Wildman–Crippen MR) is 91.6 cm³/mol. The number of nitrogens with zero attached hydrogens (tertiary/aromatic N) is 2. The molecule has 9 heteroatoms. The van der Waals surface area contributed by atoms with Gasteiger partial charge in [0.1, 0.15) is 5.75 Å². The van der Waals surface area contributed by atoms with Crippen LogP contribution in [0.15, 0.2) is 29.2 Å². The quantitative estimate of drug-likeness (QED) is 0.733. The molecule has 0 unspecified atom stereocenters. The number of rotatable bonds is 7. The number of ether oxygens (including phenoxy) is 1. The second-order valence-corrected chi connectivity index (χ2v) is 7.82. The molecule has 1 aromatic carbocycles. The largest absolute Gasteiger partial charge is 0.497 e. The first-order valence-electron chi connectivity index (χ1n) is 7.99. The van der Waals surface area contributed by atoms with E-state index in [1.807, 2.05) is 0 Å². The molecule has 1 fully saturated rings. The van der Waals surface area contributed by atoms with Gasteiger partial charge in [0.25, 0.3) is 0 Å². The van der Waals surface area contributed by atoms with Crippen molar-refractivity contribution in [2.24, 2.45) is 0 Å². The number of nitrogens with one attached hydrogen (secondary N) is 1. The average molecular weight is 369 g/mol. The molecule has 138 valence electrons. The van der Waals surface area contributed by atoms with Gasteiger partial charge in [-0.25, -0.2) is 12.7 Å². The van der Waals surface area contributed by atoms with E-state index >= 15 is 0 Å². The molecule has 2 amide bonds. The zero-order chi connectivity index (χ0) is 18.4.